The van der Waals surface area contributed by atoms with Crippen molar-refractivity contribution in [1.29, 1.82) is 0 Å². The van der Waals surface area contributed by atoms with Crippen LogP contribution in [0, 0.1) is 5.82 Å². The zero-order chi connectivity index (χ0) is 14.8. The molecule has 1 unspecified atom stereocenters. The van der Waals surface area contributed by atoms with Gasteiger partial charge in [0, 0.05) is 37.3 Å². The summed E-state index contributed by atoms with van der Waals surface area (Å²) in [5.41, 5.74) is 7.31. The molecule has 0 aliphatic heterocycles. The lowest BCUT2D eigenvalue weighted by atomic mass is 9.96. The van der Waals surface area contributed by atoms with Gasteiger partial charge in [-0.2, -0.15) is 0 Å². The van der Waals surface area contributed by atoms with E-state index in [-0.39, 0.29) is 11.9 Å². The maximum Gasteiger partial charge on any atom is 0.131 e. The van der Waals surface area contributed by atoms with E-state index in [2.05, 4.69) is 4.98 Å². The van der Waals surface area contributed by atoms with E-state index in [4.69, 9.17) is 5.73 Å². The molecule has 1 aromatic heterocycles. The lowest BCUT2D eigenvalue weighted by Crippen LogP contribution is -2.13. The summed E-state index contributed by atoms with van der Waals surface area (Å²) in [7, 11) is 1.97. The molecule has 0 aliphatic carbocycles. The van der Waals surface area contributed by atoms with Gasteiger partial charge in [0.1, 0.15) is 11.6 Å². The van der Waals surface area contributed by atoms with Crippen LogP contribution in [0.5, 0.6) is 0 Å². The molecule has 0 bridgehead atoms. The zero-order valence-corrected chi connectivity index (χ0v) is 12.0. The normalized spacial score (nSPS) is 12.7. The predicted molar refractivity (Wildman–Crippen MR) is 82.4 cm³/mol. The van der Waals surface area contributed by atoms with Crippen molar-refractivity contribution in [2.45, 2.75) is 18.9 Å². The quantitative estimate of drug-likeness (QED) is 0.798. The molecule has 108 valence electrons. The van der Waals surface area contributed by atoms with E-state index in [0.717, 1.165) is 29.6 Å². The number of halogens is 1. The van der Waals surface area contributed by atoms with Crippen LogP contribution in [0.1, 0.15) is 23.9 Å². The summed E-state index contributed by atoms with van der Waals surface area (Å²) in [6.07, 6.45) is 5.29. The molecule has 0 amide bonds. The summed E-state index contributed by atoms with van der Waals surface area (Å²) in [4.78, 5) is 4.31. The van der Waals surface area contributed by atoms with Crippen molar-refractivity contribution in [2.75, 3.05) is 0 Å². The Hall–Kier alpha value is -2.20. The summed E-state index contributed by atoms with van der Waals surface area (Å²) < 4.78 is 15.8. The molecule has 3 nitrogen and oxygen atoms in total. The first-order valence-electron chi connectivity index (χ1n) is 7.05. The first-order chi connectivity index (χ1) is 10.2. The van der Waals surface area contributed by atoms with Gasteiger partial charge in [0.25, 0.3) is 0 Å². The number of hydrogen-bond acceptors (Lipinski definition) is 2. The molecule has 2 N–H and O–H groups in total. The second kappa shape index (κ2) is 5.66. The zero-order valence-electron chi connectivity index (χ0n) is 12.0. The van der Waals surface area contributed by atoms with Crippen molar-refractivity contribution >= 4 is 10.8 Å². The molecule has 4 heteroatoms. The van der Waals surface area contributed by atoms with E-state index < -0.39 is 0 Å². The van der Waals surface area contributed by atoms with Crippen LogP contribution in [0.2, 0.25) is 0 Å². The summed E-state index contributed by atoms with van der Waals surface area (Å²) in [5.74, 6) is 0.808. The Kier molecular flexibility index (Phi) is 3.71. The van der Waals surface area contributed by atoms with Gasteiger partial charge in [-0.3, -0.25) is 0 Å². The van der Waals surface area contributed by atoms with E-state index in [0.29, 0.717) is 5.39 Å². The number of imidazole rings is 1. The summed E-state index contributed by atoms with van der Waals surface area (Å²) in [5, 5.41) is 1.52. The largest absolute Gasteiger partial charge is 0.338 e. The van der Waals surface area contributed by atoms with Gasteiger partial charge < -0.3 is 10.3 Å². The topological polar surface area (TPSA) is 43.8 Å². The fraction of sp³-hybridized carbons (Fsp3) is 0.235. The summed E-state index contributed by atoms with van der Waals surface area (Å²) in [6.45, 7) is 0. The van der Waals surface area contributed by atoms with Crippen molar-refractivity contribution in [1.82, 2.24) is 9.55 Å². The van der Waals surface area contributed by atoms with Gasteiger partial charge in [-0.15, -0.1) is 0 Å². The lowest BCUT2D eigenvalue weighted by molar-refractivity contribution is 0.618. The fourth-order valence-corrected chi connectivity index (χ4v) is 2.69. The van der Waals surface area contributed by atoms with E-state index >= 15 is 0 Å². The van der Waals surface area contributed by atoms with E-state index in [1.807, 2.05) is 36.0 Å². The molecule has 0 saturated carbocycles. The molecule has 1 atom stereocenters. The third-order valence-electron chi connectivity index (χ3n) is 3.90. The van der Waals surface area contributed by atoms with Crippen LogP contribution in [-0.2, 0) is 13.5 Å². The maximum atomic E-state index is 13.8. The predicted octanol–water partition coefficient (Wildman–Crippen LogP) is 3.35. The Morgan fingerprint density at radius 2 is 1.95 bits per heavy atom. The Balaban J connectivity index is 1.86. The number of nitrogens with zero attached hydrogens (tertiary/aromatic N) is 2. The average Bonchev–Trinajstić information content (AvgIpc) is 2.91. The number of fused-ring (bicyclic) bond motifs is 1. The Labute approximate surface area is 123 Å². The first kappa shape index (κ1) is 13.8. The van der Waals surface area contributed by atoms with Crippen molar-refractivity contribution in [3.63, 3.8) is 0 Å². The highest BCUT2D eigenvalue weighted by atomic mass is 19.1. The highest BCUT2D eigenvalue weighted by molar-refractivity contribution is 5.86. The first-order valence-corrected chi connectivity index (χ1v) is 7.05. The van der Waals surface area contributed by atoms with Gasteiger partial charge in [0.2, 0.25) is 0 Å². The number of nitrogens with two attached hydrogens (primary N) is 1. The van der Waals surface area contributed by atoms with Crippen LogP contribution >= 0.6 is 0 Å². The van der Waals surface area contributed by atoms with Crippen LogP contribution in [0.25, 0.3) is 10.8 Å². The van der Waals surface area contributed by atoms with Crippen LogP contribution in [0.15, 0.2) is 48.8 Å². The van der Waals surface area contributed by atoms with Gasteiger partial charge in [-0.1, -0.05) is 30.3 Å². The molecule has 0 spiro atoms. The Morgan fingerprint density at radius 3 is 2.67 bits per heavy atom. The minimum Gasteiger partial charge on any atom is -0.338 e. The lowest BCUT2D eigenvalue weighted by Gasteiger charge is -2.15. The minimum absolute atomic E-state index is 0.132. The SMILES string of the molecule is Cn1ccnc1CCC(N)c1ccc(F)c2ccccc12. The Bertz CT molecular complexity index is 764. The van der Waals surface area contributed by atoms with E-state index in [1.165, 1.54) is 6.07 Å². The second-order valence-corrected chi connectivity index (χ2v) is 5.28. The fourth-order valence-electron chi connectivity index (χ4n) is 2.69. The van der Waals surface area contributed by atoms with Gasteiger partial charge in [-0.05, 0) is 23.4 Å². The van der Waals surface area contributed by atoms with Crippen LogP contribution in [-0.4, -0.2) is 9.55 Å². The van der Waals surface area contributed by atoms with Gasteiger partial charge in [0.15, 0.2) is 0 Å². The average molecular weight is 283 g/mol. The third kappa shape index (κ3) is 2.67. The molecule has 3 aromatic rings. The number of benzene rings is 2. The van der Waals surface area contributed by atoms with Gasteiger partial charge in [0.05, 0.1) is 0 Å². The molecule has 21 heavy (non-hydrogen) atoms. The smallest absolute Gasteiger partial charge is 0.131 e. The molecule has 0 aliphatic rings. The second-order valence-electron chi connectivity index (χ2n) is 5.28. The summed E-state index contributed by atoms with van der Waals surface area (Å²) in [6, 6.07) is 10.6. The number of aromatic nitrogens is 2. The molecule has 1 heterocycles. The molecular weight excluding hydrogens is 265 g/mol. The minimum atomic E-state index is -0.203. The maximum absolute atomic E-state index is 13.8. The van der Waals surface area contributed by atoms with Gasteiger partial charge >= 0.3 is 0 Å². The standard InChI is InChI=1S/C17H18FN3/c1-21-11-10-20-17(21)9-8-16(19)14-6-7-15(18)13-5-3-2-4-12(13)14/h2-7,10-11,16H,8-9,19H2,1H3. The monoisotopic (exact) mass is 283 g/mol. The van der Waals surface area contributed by atoms with Crippen LogP contribution < -0.4 is 5.73 Å². The van der Waals surface area contributed by atoms with Crippen molar-refractivity contribution in [3.8, 4) is 0 Å². The van der Waals surface area contributed by atoms with Crippen LogP contribution in [0.4, 0.5) is 4.39 Å². The van der Waals surface area contributed by atoms with Crippen molar-refractivity contribution in [2.24, 2.45) is 12.8 Å². The number of hydrogen-bond donors (Lipinski definition) is 1. The Morgan fingerprint density at radius 1 is 1.19 bits per heavy atom. The van der Waals surface area contributed by atoms with Crippen molar-refractivity contribution in [3.05, 3.63) is 66.0 Å². The highest BCUT2D eigenvalue weighted by Gasteiger charge is 2.13. The van der Waals surface area contributed by atoms with Crippen molar-refractivity contribution < 1.29 is 4.39 Å². The molecule has 3 rings (SSSR count). The number of rotatable bonds is 4. The molecule has 0 fully saturated rings. The van der Waals surface area contributed by atoms with Crippen LogP contribution in [0.3, 0.4) is 0 Å². The molecule has 0 saturated heterocycles. The molecule has 2 aromatic carbocycles. The third-order valence-corrected chi connectivity index (χ3v) is 3.90. The summed E-state index contributed by atoms with van der Waals surface area (Å²) >= 11 is 0. The number of aryl methyl sites for hydroxylation is 2. The van der Waals surface area contributed by atoms with E-state index in [1.54, 1.807) is 18.3 Å². The molecule has 0 radical (unpaired) electrons. The molecular formula is C17H18FN3. The van der Waals surface area contributed by atoms with Gasteiger partial charge in [-0.25, -0.2) is 9.37 Å². The highest BCUT2D eigenvalue weighted by Crippen LogP contribution is 2.27. The van der Waals surface area contributed by atoms with E-state index in [9.17, 15) is 4.39 Å².